The molecule has 2 aliphatic heterocycles. The normalized spacial score (nSPS) is 20.8. The molecule has 1 aromatic rings. The molecular formula is C17H21FN4O3. The van der Waals surface area contributed by atoms with Gasteiger partial charge in [-0.3, -0.25) is 9.59 Å². The van der Waals surface area contributed by atoms with Crippen LogP contribution in [-0.2, 0) is 9.59 Å². The Labute approximate surface area is 145 Å². The molecule has 2 heterocycles. The minimum Gasteiger partial charge on any atom is -0.339 e. The van der Waals surface area contributed by atoms with Gasteiger partial charge in [0, 0.05) is 51.8 Å². The minimum atomic E-state index is -0.357. The number of anilines is 1. The molecule has 2 aliphatic rings. The van der Waals surface area contributed by atoms with Crippen molar-refractivity contribution >= 4 is 23.5 Å². The molecular weight excluding hydrogens is 327 g/mol. The third-order valence-electron chi connectivity index (χ3n) is 4.60. The standard InChI is InChI=1S/C17H21FN4O3/c1-12(23)20-6-8-21(9-7-20)17(25)19-14-10-16(24)22(11-14)15-4-2-13(18)3-5-15/h2-5,14H,6-11H2,1H3,(H,19,25). The Morgan fingerprint density at radius 1 is 1.08 bits per heavy atom. The van der Waals surface area contributed by atoms with Crippen molar-refractivity contribution in [3.05, 3.63) is 30.1 Å². The maximum Gasteiger partial charge on any atom is 0.317 e. The molecule has 3 rings (SSSR count). The Hall–Kier alpha value is -2.64. The average molecular weight is 348 g/mol. The van der Waals surface area contributed by atoms with Crippen LogP contribution in [0.2, 0.25) is 0 Å². The topological polar surface area (TPSA) is 73.0 Å². The second-order valence-corrected chi connectivity index (χ2v) is 6.32. The molecule has 0 spiro atoms. The van der Waals surface area contributed by atoms with E-state index >= 15 is 0 Å². The number of carbonyl (C=O) groups is 3. The van der Waals surface area contributed by atoms with Crippen LogP contribution in [0.25, 0.3) is 0 Å². The van der Waals surface area contributed by atoms with E-state index in [1.807, 2.05) is 0 Å². The maximum absolute atomic E-state index is 13.0. The molecule has 2 saturated heterocycles. The fourth-order valence-corrected chi connectivity index (χ4v) is 3.17. The summed E-state index contributed by atoms with van der Waals surface area (Å²) in [6.07, 6.45) is 0.219. The van der Waals surface area contributed by atoms with Crippen LogP contribution in [-0.4, -0.2) is 66.4 Å². The molecule has 1 aromatic carbocycles. The van der Waals surface area contributed by atoms with Gasteiger partial charge in [-0.05, 0) is 24.3 Å². The van der Waals surface area contributed by atoms with Crippen molar-refractivity contribution in [1.82, 2.24) is 15.1 Å². The number of benzene rings is 1. The predicted octanol–water partition coefficient (Wildman–Crippen LogP) is 0.805. The molecule has 0 bridgehead atoms. The molecule has 1 unspecified atom stereocenters. The number of urea groups is 1. The van der Waals surface area contributed by atoms with Crippen LogP contribution in [0.3, 0.4) is 0 Å². The van der Waals surface area contributed by atoms with Gasteiger partial charge in [-0.15, -0.1) is 0 Å². The molecule has 8 heteroatoms. The molecule has 1 atom stereocenters. The van der Waals surface area contributed by atoms with E-state index in [9.17, 15) is 18.8 Å². The van der Waals surface area contributed by atoms with Gasteiger partial charge in [-0.1, -0.05) is 0 Å². The van der Waals surface area contributed by atoms with Gasteiger partial charge in [0.2, 0.25) is 11.8 Å². The molecule has 2 fully saturated rings. The van der Waals surface area contributed by atoms with Gasteiger partial charge < -0.3 is 20.0 Å². The van der Waals surface area contributed by atoms with Crippen LogP contribution in [0.4, 0.5) is 14.9 Å². The van der Waals surface area contributed by atoms with Crippen molar-refractivity contribution in [1.29, 1.82) is 0 Å². The number of amides is 4. The lowest BCUT2D eigenvalue weighted by Gasteiger charge is -2.34. The van der Waals surface area contributed by atoms with E-state index in [1.165, 1.54) is 19.1 Å². The van der Waals surface area contributed by atoms with E-state index in [-0.39, 0.29) is 36.1 Å². The van der Waals surface area contributed by atoms with Crippen molar-refractivity contribution in [2.45, 2.75) is 19.4 Å². The number of piperazine rings is 1. The van der Waals surface area contributed by atoms with E-state index in [0.29, 0.717) is 38.4 Å². The molecule has 0 saturated carbocycles. The first-order chi connectivity index (χ1) is 11.9. The zero-order chi connectivity index (χ0) is 18.0. The third-order valence-corrected chi connectivity index (χ3v) is 4.60. The van der Waals surface area contributed by atoms with Gasteiger partial charge in [-0.25, -0.2) is 9.18 Å². The fraction of sp³-hybridized carbons (Fsp3) is 0.471. The summed E-state index contributed by atoms with van der Waals surface area (Å²) in [6.45, 7) is 3.89. The Balaban J connectivity index is 1.54. The summed E-state index contributed by atoms with van der Waals surface area (Å²) in [5.74, 6) is -0.445. The van der Waals surface area contributed by atoms with E-state index < -0.39 is 0 Å². The number of hydrogen-bond acceptors (Lipinski definition) is 3. The zero-order valence-electron chi connectivity index (χ0n) is 14.1. The lowest BCUT2D eigenvalue weighted by Crippen LogP contribution is -2.54. The molecule has 0 aromatic heterocycles. The molecule has 7 nitrogen and oxygen atoms in total. The van der Waals surface area contributed by atoms with Crippen LogP contribution in [0, 0.1) is 5.82 Å². The summed E-state index contributed by atoms with van der Waals surface area (Å²) in [5.41, 5.74) is 0.623. The molecule has 0 aliphatic carbocycles. The number of nitrogens with zero attached hydrogens (tertiary/aromatic N) is 3. The SMILES string of the molecule is CC(=O)N1CCN(C(=O)NC2CC(=O)N(c3ccc(F)cc3)C2)CC1. The van der Waals surface area contributed by atoms with Crippen molar-refractivity contribution in [3.63, 3.8) is 0 Å². The highest BCUT2D eigenvalue weighted by molar-refractivity contribution is 5.96. The van der Waals surface area contributed by atoms with Gasteiger partial charge >= 0.3 is 6.03 Å². The Morgan fingerprint density at radius 3 is 2.28 bits per heavy atom. The van der Waals surface area contributed by atoms with Crippen LogP contribution in [0.5, 0.6) is 0 Å². The Morgan fingerprint density at radius 2 is 1.68 bits per heavy atom. The highest BCUT2D eigenvalue weighted by Gasteiger charge is 2.33. The van der Waals surface area contributed by atoms with E-state index in [0.717, 1.165) is 0 Å². The first-order valence-electron chi connectivity index (χ1n) is 8.31. The number of hydrogen-bond donors (Lipinski definition) is 1. The lowest BCUT2D eigenvalue weighted by atomic mass is 10.2. The second kappa shape index (κ2) is 7.08. The van der Waals surface area contributed by atoms with Crippen LogP contribution < -0.4 is 10.2 Å². The molecule has 25 heavy (non-hydrogen) atoms. The first-order valence-corrected chi connectivity index (χ1v) is 8.31. The van der Waals surface area contributed by atoms with E-state index in [4.69, 9.17) is 0 Å². The average Bonchev–Trinajstić information content (AvgIpc) is 2.96. The Kier molecular flexibility index (Phi) is 4.87. The minimum absolute atomic E-state index is 0.0105. The van der Waals surface area contributed by atoms with E-state index in [2.05, 4.69) is 5.32 Å². The van der Waals surface area contributed by atoms with Gasteiger partial charge in [0.1, 0.15) is 5.82 Å². The van der Waals surface area contributed by atoms with Gasteiger partial charge in [0.15, 0.2) is 0 Å². The van der Waals surface area contributed by atoms with Crippen LogP contribution in [0.1, 0.15) is 13.3 Å². The van der Waals surface area contributed by atoms with Gasteiger partial charge in [0.25, 0.3) is 0 Å². The monoisotopic (exact) mass is 348 g/mol. The Bertz CT molecular complexity index is 671. The number of nitrogens with one attached hydrogen (secondary N) is 1. The zero-order valence-corrected chi connectivity index (χ0v) is 14.1. The summed E-state index contributed by atoms with van der Waals surface area (Å²) in [5, 5.41) is 2.88. The predicted molar refractivity (Wildman–Crippen MR) is 89.5 cm³/mol. The van der Waals surface area contributed by atoms with Gasteiger partial charge in [-0.2, -0.15) is 0 Å². The number of carbonyl (C=O) groups excluding carboxylic acids is 3. The highest BCUT2D eigenvalue weighted by Crippen LogP contribution is 2.22. The smallest absolute Gasteiger partial charge is 0.317 e. The summed E-state index contributed by atoms with van der Waals surface area (Å²) >= 11 is 0. The summed E-state index contributed by atoms with van der Waals surface area (Å²) in [4.78, 5) is 40.8. The highest BCUT2D eigenvalue weighted by atomic mass is 19.1. The first kappa shape index (κ1) is 17.2. The van der Waals surface area contributed by atoms with Crippen molar-refractivity contribution in [3.8, 4) is 0 Å². The summed E-state index contributed by atoms with van der Waals surface area (Å²) in [7, 11) is 0. The molecule has 1 N–H and O–H groups in total. The fourth-order valence-electron chi connectivity index (χ4n) is 3.17. The maximum atomic E-state index is 13.0. The summed E-state index contributed by atoms with van der Waals surface area (Å²) in [6, 6.07) is 5.22. The molecule has 0 radical (unpaired) electrons. The van der Waals surface area contributed by atoms with Crippen molar-refractivity contribution in [2.24, 2.45) is 0 Å². The quantitative estimate of drug-likeness (QED) is 0.859. The van der Waals surface area contributed by atoms with Gasteiger partial charge in [0.05, 0.1) is 6.04 Å². The largest absolute Gasteiger partial charge is 0.339 e. The number of halogens is 1. The van der Waals surface area contributed by atoms with Crippen molar-refractivity contribution in [2.75, 3.05) is 37.6 Å². The molecule has 134 valence electrons. The summed E-state index contributed by atoms with van der Waals surface area (Å²) < 4.78 is 13.0. The second-order valence-electron chi connectivity index (χ2n) is 6.32. The lowest BCUT2D eigenvalue weighted by molar-refractivity contribution is -0.130. The third kappa shape index (κ3) is 3.89. The number of rotatable bonds is 2. The molecule has 4 amide bonds. The van der Waals surface area contributed by atoms with Crippen LogP contribution in [0.15, 0.2) is 24.3 Å². The van der Waals surface area contributed by atoms with Crippen LogP contribution >= 0.6 is 0 Å². The van der Waals surface area contributed by atoms with E-state index in [1.54, 1.807) is 26.8 Å². The van der Waals surface area contributed by atoms with Crippen molar-refractivity contribution < 1.29 is 18.8 Å².